The van der Waals surface area contributed by atoms with Crippen molar-refractivity contribution >= 4 is 15.5 Å². The summed E-state index contributed by atoms with van der Waals surface area (Å²) in [5.74, 6) is -0.470. The third kappa shape index (κ3) is 3.82. The molecule has 2 rings (SSSR count). The van der Waals surface area contributed by atoms with Gasteiger partial charge in [-0.2, -0.15) is 0 Å². The summed E-state index contributed by atoms with van der Waals surface area (Å²) in [4.78, 5) is 0.0999. The molecule has 0 bridgehead atoms. The molecule has 2 aromatic carbocycles. The van der Waals surface area contributed by atoms with Crippen molar-refractivity contribution in [2.45, 2.75) is 24.8 Å². The molecule has 1 N–H and O–H groups in total. The molecule has 0 saturated heterocycles. The van der Waals surface area contributed by atoms with Crippen LogP contribution in [0.1, 0.15) is 24.1 Å². The fourth-order valence-electron chi connectivity index (χ4n) is 2.10. The first-order chi connectivity index (χ1) is 9.77. The number of anilines is 1. The maximum Gasteiger partial charge on any atom is 0.175 e. The third-order valence-corrected chi connectivity index (χ3v) is 4.39. The Hall–Kier alpha value is -1.88. The van der Waals surface area contributed by atoms with E-state index in [-0.39, 0.29) is 16.6 Å². The van der Waals surface area contributed by atoms with Crippen LogP contribution >= 0.6 is 0 Å². The van der Waals surface area contributed by atoms with Gasteiger partial charge in [-0.05, 0) is 37.6 Å². The molecule has 21 heavy (non-hydrogen) atoms. The molecule has 0 saturated carbocycles. The lowest BCUT2D eigenvalue weighted by Gasteiger charge is -2.17. The average molecular weight is 307 g/mol. The van der Waals surface area contributed by atoms with Gasteiger partial charge in [-0.15, -0.1) is 0 Å². The van der Waals surface area contributed by atoms with Gasteiger partial charge in [0, 0.05) is 12.3 Å². The first-order valence-electron chi connectivity index (χ1n) is 6.60. The lowest BCUT2D eigenvalue weighted by molar-refractivity contribution is 0.600. The molecule has 5 heteroatoms. The Kier molecular flexibility index (Phi) is 4.32. The zero-order valence-corrected chi connectivity index (χ0v) is 13.0. The Labute approximate surface area is 124 Å². The fourth-order valence-corrected chi connectivity index (χ4v) is 2.75. The molecule has 0 aliphatic rings. The van der Waals surface area contributed by atoms with Crippen LogP contribution in [0, 0.1) is 12.7 Å². The van der Waals surface area contributed by atoms with Gasteiger partial charge in [0.2, 0.25) is 0 Å². The topological polar surface area (TPSA) is 46.2 Å². The van der Waals surface area contributed by atoms with Crippen LogP contribution in [-0.2, 0) is 9.84 Å². The third-order valence-electron chi connectivity index (χ3n) is 3.28. The number of aryl methyl sites for hydroxylation is 1. The minimum atomic E-state index is -3.36. The first-order valence-corrected chi connectivity index (χ1v) is 8.49. The van der Waals surface area contributed by atoms with Gasteiger partial charge < -0.3 is 5.32 Å². The molecule has 3 nitrogen and oxygen atoms in total. The van der Waals surface area contributed by atoms with E-state index in [9.17, 15) is 12.8 Å². The van der Waals surface area contributed by atoms with Gasteiger partial charge >= 0.3 is 0 Å². The predicted octanol–water partition coefficient (Wildman–Crippen LogP) is 3.71. The second-order valence-corrected chi connectivity index (χ2v) is 7.21. The summed E-state index contributed by atoms with van der Waals surface area (Å²) in [6.07, 6.45) is 1.11. The average Bonchev–Trinajstić information content (AvgIpc) is 2.40. The highest BCUT2D eigenvalue weighted by molar-refractivity contribution is 7.90. The van der Waals surface area contributed by atoms with Gasteiger partial charge in [0.1, 0.15) is 5.82 Å². The Balaban J connectivity index is 2.31. The van der Waals surface area contributed by atoms with Crippen LogP contribution in [0.15, 0.2) is 47.4 Å². The molecular weight excluding hydrogens is 289 g/mol. The van der Waals surface area contributed by atoms with E-state index in [0.717, 1.165) is 17.4 Å². The van der Waals surface area contributed by atoms with E-state index in [1.54, 1.807) is 0 Å². The highest BCUT2D eigenvalue weighted by Crippen LogP contribution is 2.25. The highest BCUT2D eigenvalue weighted by atomic mass is 32.2. The molecule has 0 heterocycles. The summed E-state index contributed by atoms with van der Waals surface area (Å²) in [6, 6.07) is 11.5. The zero-order valence-electron chi connectivity index (χ0n) is 12.2. The summed E-state index contributed by atoms with van der Waals surface area (Å²) >= 11 is 0. The molecule has 2 aromatic rings. The zero-order chi connectivity index (χ0) is 15.6. The Morgan fingerprint density at radius 2 is 1.86 bits per heavy atom. The molecule has 1 unspecified atom stereocenters. The summed E-state index contributed by atoms with van der Waals surface area (Å²) in [7, 11) is -3.36. The molecular formula is C16H18FNO2S. The van der Waals surface area contributed by atoms with Crippen LogP contribution in [-0.4, -0.2) is 14.7 Å². The van der Waals surface area contributed by atoms with Crippen LogP contribution in [0.3, 0.4) is 0 Å². The lowest BCUT2D eigenvalue weighted by Crippen LogP contribution is -2.09. The smallest absolute Gasteiger partial charge is 0.175 e. The number of nitrogens with one attached hydrogen (secondary N) is 1. The Morgan fingerprint density at radius 1 is 1.14 bits per heavy atom. The van der Waals surface area contributed by atoms with E-state index in [1.807, 2.05) is 38.1 Å². The molecule has 0 aliphatic heterocycles. The standard InChI is InChI=1S/C16H18FNO2S/c1-11-5-4-6-13(9-11)12(2)18-16-10-14(21(3,19)20)7-8-15(16)17/h4-10,12,18H,1-3H3. The van der Waals surface area contributed by atoms with E-state index < -0.39 is 15.7 Å². The summed E-state index contributed by atoms with van der Waals surface area (Å²) in [6.45, 7) is 3.89. The number of halogens is 1. The second kappa shape index (κ2) is 5.85. The lowest BCUT2D eigenvalue weighted by atomic mass is 10.1. The number of hydrogen-bond acceptors (Lipinski definition) is 3. The minimum absolute atomic E-state index is 0.0999. The summed E-state index contributed by atoms with van der Waals surface area (Å²) in [5.41, 5.74) is 2.32. The van der Waals surface area contributed by atoms with Gasteiger partial charge in [0.05, 0.1) is 10.6 Å². The predicted molar refractivity (Wildman–Crippen MR) is 82.7 cm³/mol. The van der Waals surface area contributed by atoms with Crippen LogP contribution in [0.2, 0.25) is 0 Å². The SMILES string of the molecule is Cc1cccc(C(C)Nc2cc(S(C)(=O)=O)ccc2F)c1. The molecule has 1 atom stereocenters. The van der Waals surface area contributed by atoms with Crippen LogP contribution < -0.4 is 5.32 Å². The van der Waals surface area contributed by atoms with Crippen LogP contribution in [0.25, 0.3) is 0 Å². The second-order valence-electron chi connectivity index (χ2n) is 5.19. The van der Waals surface area contributed by atoms with Gasteiger partial charge in [-0.3, -0.25) is 0 Å². The van der Waals surface area contributed by atoms with Crippen molar-refractivity contribution in [3.05, 3.63) is 59.4 Å². The van der Waals surface area contributed by atoms with E-state index >= 15 is 0 Å². The van der Waals surface area contributed by atoms with Crippen molar-refractivity contribution < 1.29 is 12.8 Å². The van der Waals surface area contributed by atoms with Crippen molar-refractivity contribution in [2.75, 3.05) is 11.6 Å². The molecule has 0 amide bonds. The van der Waals surface area contributed by atoms with Gasteiger partial charge in [-0.1, -0.05) is 29.8 Å². The van der Waals surface area contributed by atoms with Crippen molar-refractivity contribution in [3.8, 4) is 0 Å². The van der Waals surface area contributed by atoms with Gasteiger partial charge in [0.15, 0.2) is 9.84 Å². The normalized spacial score (nSPS) is 13.0. The molecule has 0 spiro atoms. The molecule has 0 aromatic heterocycles. The van der Waals surface area contributed by atoms with Crippen LogP contribution in [0.5, 0.6) is 0 Å². The first kappa shape index (κ1) is 15.5. The number of benzene rings is 2. The van der Waals surface area contributed by atoms with Crippen molar-refractivity contribution in [3.63, 3.8) is 0 Å². The van der Waals surface area contributed by atoms with Gasteiger partial charge in [-0.25, -0.2) is 12.8 Å². The monoisotopic (exact) mass is 307 g/mol. The largest absolute Gasteiger partial charge is 0.376 e. The Bertz CT molecular complexity index is 757. The van der Waals surface area contributed by atoms with E-state index in [1.165, 1.54) is 18.2 Å². The quantitative estimate of drug-likeness (QED) is 0.876. The van der Waals surface area contributed by atoms with Crippen molar-refractivity contribution in [1.82, 2.24) is 0 Å². The Morgan fingerprint density at radius 3 is 2.48 bits per heavy atom. The maximum absolute atomic E-state index is 13.9. The maximum atomic E-state index is 13.9. The molecule has 0 radical (unpaired) electrons. The van der Waals surface area contributed by atoms with E-state index in [4.69, 9.17) is 0 Å². The number of rotatable bonds is 4. The van der Waals surface area contributed by atoms with Crippen molar-refractivity contribution in [1.29, 1.82) is 0 Å². The fraction of sp³-hybridized carbons (Fsp3) is 0.250. The van der Waals surface area contributed by atoms with E-state index in [0.29, 0.717) is 0 Å². The molecule has 0 fully saturated rings. The number of hydrogen-bond donors (Lipinski definition) is 1. The number of sulfone groups is 1. The minimum Gasteiger partial charge on any atom is -0.376 e. The molecule has 0 aliphatic carbocycles. The summed E-state index contributed by atoms with van der Waals surface area (Å²) in [5, 5.41) is 3.03. The van der Waals surface area contributed by atoms with Crippen LogP contribution in [0.4, 0.5) is 10.1 Å². The van der Waals surface area contributed by atoms with E-state index in [2.05, 4.69) is 5.32 Å². The molecule has 112 valence electrons. The van der Waals surface area contributed by atoms with Crippen molar-refractivity contribution in [2.24, 2.45) is 0 Å². The summed E-state index contributed by atoms with van der Waals surface area (Å²) < 4.78 is 36.9. The van der Waals surface area contributed by atoms with Gasteiger partial charge in [0.25, 0.3) is 0 Å². The highest BCUT2D eigenvalue weighted by Gasteiger charge is 2.13.